The molecule has 7 nitrogen and oxygen atoms in total. The van der Waals surface area contributed by atoms with E-state index in [4.69, 9.17) is 23.2 Å². The number of rotatable bonds is 5. The van der Waals surface area contributed by atoms with Gasteiger partial charge >= 0.3 is 0 Å². The Morgan fingerprint density at radius 1 is 0.844 bits per heavy atom. The predicted octanol–water partition coefficient (Wildman–Crippen LogP) is 4.73. The van der Waals surface area contributed by atoms with Crippen molar-refractivity contribution in [3.05, 3.63) is 94.1 Å². The second-order valence-electron chi connectivity index (χ2n) is 6.82. The number of hydrogen-bond acceptors (Lipinski definition) is 5. The highest BCUT2D eigenvalue weighted by molar-refractivity contribution is 6.53. The first-order chi connectivity index (χ1) is 15.3. The van der Waals surface area contributed by atoms with Crippen LogP contribution >= 0.6 is 23.2 Å². The number of nitrogens with zero attached hydrogens (tertiary/aromatic N) is 1. The number of carbonyl (C=O) groups is 3. The van der Waals surface area contributed by atoms with Crippen LogP contribution in [0.2, 0.25) is 5.02 Å². The fourth-order valence-corrected chi connectivity index (χ4v) is 3.49. The van der Waals surface area contributed by atoms with Gasteiger partial charge in [-0.3, -0.25) is 14.4 Å². The highest BCUT2D eigenvalue weighted by atomic mass is 35.5. The summed E-state index contributed by atoms with van der Waals surface area (Å²) in [6.45, 7) is 0. The maximum absolute atomic E-state index is 12.8. The summed E-state index contributed by atoms with van der Waals surface area (Å²) in [5, 5.41) is 15.1. The van der Waals surface area contributed by atoms with Gasteiger partial charge in [0.15, 0.2) is 0 Å². The number of benzene rings is 3. The van der Waals surface area contributed by atoms with Gasteiger partial charge in [0.1, 0.15) is 16.5 Å². The molecule has 160 valence electrons. The molecule has 3 N–H and O–H groups in total. The van der Waals surface area contributed by atoms with E-state index in [0.717, 1.165) is 4.90 Å². The van der Waals surface area contributed by atoms with Gasteiger partial charge < -0.3 is 15.7 Å². The maximum atomic E-state index is 12.8. The molecule has 0 unspecified atom stereocenters. The Morgan fingerprint density at radius 2 is 1.56 bits per heavy atom. The van der Waals surface area contributed by atoms with Crippen LogP contribution in [0.4, 0.5) is 17.1 Å². The lowest BCUT2D eigenvalue weighted by molar-refractivity contribution is -0.120. The van der Waals surface area contributed by atoms with E-state index < -0.39 is 11.8 Å². The highest BCUT2D eigenvalue weighted by Gasteiger charge is 2.39. The molecule has 3 amide bonds. The molecule has 9 heteroatoms. The van der Waals surface area contributed by atoms with E-state index in [-0.39, 0.29) is 22.4 Å². The SMILES string of the molecule is O=C(Nc1cccc(O)c1)c1ccc(NC2=C(Cl)C(=O)N(c3cccc(Cl)c3)C2=O)cc1. The second kappa shape index (κ2) is 8.74. The van der Waals surface area contributed by atoms with E-state index in [1.54, 1.807) is 54.6 Å². The second-order valence-corrected chi connectivity index (χ2v) is 7.64. The zero-order valence-corrected chi connectivity index (χ0v) is 17.8. The Balaban J connectivity index is 1.49. The van der Waals surface area contributed by atoms with Crippen molar-refractivity contribution in [1.29, 1.82) is 0 Å². The molecule has 32 heavy (non-hydrogen) atoms. The summed E-state index contributed by atoms with van der Waals surface area (Å²) in [7, 11) is 0. The third-order valence-corrected chi connectivity index (χ3v) is 5.20. The molecule has 0 bridgehead atoms. The molecule has 1 heterocycles. The topological polar surface area (TPSA) is 98.7 Å². The summed E-state index contributed by atoms with van der Waals surface area (Å²) in [6.07, 6.45) is 0. The quantitative estimate of drug-likeness (QED) is 0.471. The molecule has 3 aromatic carbocycles. The Labute approximate surface area is 192 Å². The van der Waals surface area contributed by atoms with E-state index >= 15 is 0 Å². The normalized spacial score (nSPS) is 13.5. The molecule has 0 spiro atoms. The van der Waals surface area contributed by atoms with E-state index in [1.807, 2.05) is 0 Å². The number of phenolic OH excluding ortho intramolecular Hbond substituents is 1. The lowest BCUT2D eigenvalue weighted by Gasteiger charge is -2.15. The number of phenols is 1. The first-order valence-electron chi connectivity index (χ1n) is 9.35. The van der Waals surface area contributed by atoms with Crippen molar-refractivity contribution >= 4 is 58.0 Å². The summed E-state index contributed by atoms with van der Waals surface area (Å²) in [5.74, 6) is -1.62. The number of hydrogen-bond donors (Lipinski definition) is 3. The van der Waals surface area contributed by atoms with Crippen LogP contribution in [0.5, 0.6) is 5.75 Å². The van der Waals surface area contributed by atoms with Gasteiger partial charge in [0, 0.05) is 28.0 Å². The molecule has 0 radical (unpaired) electrons. The lowest BCUT2D eigenvalue weighted by atomic mass is 10.2. The van der Waals surface area contributed by atoms with E-state index in [0.29, 0.717) is 27.6 Å². The average Bonchev–Trinajstić information content (AvgIpc) is 2.97. The van der Waals surface area contributed by atoms with Gasteiger partial charge in [-0.05, 0) is 54.6 Å². The van der Waals surface area contributed by atoms with Crippen LogP contribution in [0.1, 0.15) is 10.4 Å². The highest BCUT2D eigenvalue weighted by Crippen LogP contribution is 2.31. The standard InChI is InChI=1S/C23H15Cl2N3O4/c24-14-3-1-5-17(11-14)28-22(31)19(25)20(23(28)32)26-15-9-7-13(8-10-15)21(30)27-16-4-2-6-18(29)12-16/h1-12,26,29H,(H,27,30). The molecular weight excluding hydrogens is 453 g/mol. The minimum atomic E-state index is -0.663. The van der Waals surface area contributed by atoms with Gasteiger partial charge in [0.05, 0.1) is 5.69 Å². The van der Waals surface area contributed by atoms with Crippen LogP contribution < -0.4 is 15.5 Å². The molecule has 1 aliphatic rings. The number of aromatic hydroxyl groups is 1. The van der Waals surface area contributed by atoms with Crippen LogP contribution in [0.15, 0.2) is 83.5 Å². The van der Waals surface area contributed by atoms with Crippen molar-refractivity contribution in [3.8, 4) is 5.75 Å². The zero-order valence-electron chi connectivity index (χ0n) is 16.3. The Kier molecular flexibility index (Phi) is 5.85. The number of carbonyl (C=O) groups excluding carboxylic acids is 3. The Morgan fingerprint density at radius 3 is 2.25 bits per heavy atom. The van der Waals surface area contributed by atoms with Gasteiger partial charge in [-0.1, -0.05) is 35.3 Å². The van der Waals surface area contributed by atoms with Crippen LogP contribution in [0, 0.1) is 0 Å². The largest absolute Gasteiger partial charge is 0.508 e. The van der Waals surface area contributed by atoms with Gasteiger partial charge in [-0.25, -0.2) is 4.90 Å². The molecule has 0 aliphatic carbocycles. The zero-order chi connectivity index (χ0) is 22.8. The van der Waals surface area contributed by atoms with Crippen LogP contribution in [-0.2, 0) is 9.59 Å². The summed E-state index contributed by atoms with van der Waals surface area (Å²) >= 11 is 12.1. The van der Waals surface area contributed by atoms with Crippen LogP contribution in [0.25, 0.3) is 0 Å². The minimum absolute atomic E-state index is 0.0371. The lowest BCUT2D eigenvalue weighted by Crippen LogP contribution is -2.32. The van der Waals surface area contributed by atoms with Gasteiger partial charge in [-0.2, -0.15) is 0 Å². The number of anilines is 3. The molecule has 0 atom stereocenters. The minimum Gasteiger partial charge on any atom is -0.508 e. The molecule has 1 aliphatic heterocycles. The summed E-state index contributed by atoms with van der Waals surface area (Å²) in [6, 6.07) is 18.8. The first-order valence-corrected chi connectivity index (χ1v) is 10.1. The van der Waals surface area contributed by atoms with Crippen molar-refractivity contribution in [1.82, 2.24) is 0 Å². The molecule has 0 saturated carbocycles. The van der Waals surface area contributed by atoms with Crippen molar-refractivity contribution in [2.45, 2.75) is 0 Å². The van der Waals surface area contributed by atoms with Crippen molar-refractivity contribution < 1.29 is 19.5 Å². The van der Waals surface area contributed by atoms with Crippen LogP contribution in [0.3, 0.4) is 0 Å². The number of amides is 3. The summed E-state index contributed by atoms with van der Waals surface area (Å²) in [5.41, 5.74) is 1.50. The Bertz CT molecular complexity index is 1270. The number of halogens is 2. The smallest absolute Gasteiger partial charge is 0.283 e. The van der Waals surface area contributed by atoms with E-state index in [9.17, 15) is 19.5 Å². The predicted molar refractivity (Wildman–Crippen MR) is 123 cm³/mol. The molecule has 0 fully saturated rings. The van der Waals surface area contributed by atoms with Gasteiger partial charge in [0.2, 0.25) is 0 Å². The number of imide groups is 1. The first kappa shape index (κ1) is 21.4. The maximum Gasteiger partial charge on any atom is 0.283 e. The van der Waals surface area contributed by atoms with Crippen molar-refractivity contribution in [2.75, 3.05) is 15.5 Å². The average molecular weight is 468 g/mol. The molecular formula is C23H15Cl2N3O4. The van der Waals surface area contributed by atoms with Gasteiger partial charge in [-0.15, -0.1) is 0 Å². The fourth-order valence-electron chi connectivity index (χ4n) is 3.10. The molecule has 4 rings (SSSR count). The van der Waals surface area contributed by atoms with E-state index in [2.05, 4.69) is 10.6 Å². The van der Waals surface area contributed by atoms with Gasteiger partial charge in [0.25, 0.3) is 17.7 Å². The van der Waals surface area contributed by atoms with E-state index in [1.165, 1.54) is 18.2 Å². The number of nitrogens with one attached hydrogen (secondary N) is 2. The third kappa shape index (κ3) is 4.30. The van der Waals surface area contributed by atoms with Crippen molar-refractivity contribution in [2.24, 2.45) is 0 Å². The Hall–Kier alpha value is -3.81. The molecule has 3 aromatic rings. The monoisotopic (exact) mass is 467 g/mol. The summed E-state index contributed by atoms with van der Waals surface area (Å²) in [4.78, 5) is 38.7. The summed E-state index contributed by atoms with van der Waals surface area (Å²) < 4.78 is 0. The molecule has 0 aromatic heterocycles. The fraction of sp³-hybridized carbons (Fsp3) is 0. The molecule has 0 saturated heterocycles. The third-order valence-electron chi connectivity index (χ3n) is 4.61. The van der Waals surface area contributed by atoms with Crippen molar-refractivity contribution in [3.63, 3.8) is 0 Å². The van der Waals surface area contributed by atoms with Crippen LogP contribution in [-0.4, -0.2) is 22.8 Å².